The number of rotatable bonds is 4. The number of furan rings is 1. The van der Waals surface area contributed by atoms with Crippen LogP contribution in [0.5, 0.6) is 0 Å². The molecule has 0 aliphatic heterocycles. The fraction of sp³-hybridized carbons (Fsp3) is 0.353. The van der Waals surface area contributed by atoms with Gasteiger partial charge in [0.25, 0.3) is 5.91 Å². The molecular weight excluding hydrogens is 331 g/mol. The smallest absolute Gasteiger partial charge is 0.375 e. The minimum Gasteiger partial charge on any atom is -0.449 e. The normalized spacial score (nSPS) is 12.1. The van der Waals surface area contributed by atoms with Gasteiger partial charge in [-0.1, -0.05) is 0 Å². The van der Waals surface area contributed by atoms with Crippen molar-refractivity contribution in [1.82, 2.24) is 10.6 Å². The van der Waals surface area contributed by atoms with Crippen molar-refractivity contribution >= 4 is 28.9 Å². The molecule has 8 heteroatoms. The van der Waals surface area contributed by atoms with Gasteiger partial charge in [0.05, 0.1) is 0 Å². The third-order valence-corrected chi connectivity index (χ3v) is 3.39. The number of fused-ring (bicyclic) bond motifs is 1. The summed E-state index contributed by atoms with van der Waals surface area (Å²) in [6.07, 6.45) is -1.21. The van der Waals surface area contributed by atoms with Crippen LogP contribution in [0.2, 0.25) is 0 Å². The molecule has 2 rings (SSSR count). The van der Waals surface area contributed by atoms with E-state index in [4.69, 9.17) is 9.15 Å². The van der Waals surface area contributed by atoms with Gasteiger partial charge < -0.3 is 14.5 Å². The Morgan fingerprint density at radius 2 is 1.88 bits per heavy atom. The molecule has 3 amide bonds. The Balaban J connectivity index is 2.07. The molecule has 2 N–H and O–H groups in total. The van der Waals surface area contributed by atoms with Gasteiger partial charge in [-0.25, -0.2) is 14.0 Å². The number of aryl methyl sites for hydroxylation is 1. The summed E-state index contributed by atoms with van der Waals surface area (Å²) in [6, 6.07) is 3.03. The maximum atomic E-state index is 13.3. The molecule has 0 aliphatic carbocycles. The van der Waals surface area contributed by atoms with Crippen LogP contribution in [-0.4, -0.2) is 30.1 Å². The molecule has 0 spiro atoms. The van der Waals surface area contributed by atoms with Crippen molar-refractivity contribution in [2.75, 3.05) is 0 Å². The summed E-state index contributed by atoms with van der Waals surface area (Å²) < 4.78 is 23.7. The quantitative estimate of drug-likeness (QED) is 0.826. The lowest BCUT2D eigenvalue weighted by atomic mass is 10.1. The number of carbonyl (C=O) groups is 3. The summed E-state index contributed by atoms with van der Waals surface area (Å²) in [4.78, 5) is 35.6. The second-order valence-electron chi connectivity index (χ2n) is 5.86. The van der Waals surface area contributed by atoms with Crippen molar-refractivity contribution in [2.24, 2.45) is 0 Å². The van der Waals surface area contributed by atoms with E-state index < -0.39 is 29.8 Å². The number of hydrogen-bond donors (Lipinski definition) is 2. The number of urea groups is 1. The molecule has 25 heavy (non-hydrogen) atoms. The maximum absolute atomic E-state index is 13.3. The molecule has 1 aromatic heterocycles. The molecule has 0 saturated heterocycles. The molecule has 0 bridgehead atoms. The van der Waals surface area contributed by atoms with Crippen LogP contribution in [0.15, 0.2) is 22.6 Å². The van der Waals surface area contributed by atoms with Crippen LogP contribution in [0.25, 0.3) is 11.0 Å². The molecule has 0 saturated carbocycles. The lowest BCUT2D eigenvalue weighted by Crippen LogP contribution is -2.46. The maximum Gasteiger partial charge on any atom is 0.375 e. The highest BCUT2D eigenvalue weighted by Crippen LogP contribution is 2.26. The molecule has 2 aromatic rings. The Morgan fingerprint density at radius 3 is 2.52 bits per heavy atom. The number of amides is 3. The molecule has 1 atom stereocenters. The van der Waals surface area contributed by atoms with Crippen LogP contribution in [0.1, 0.15) is 36.9 Å². The van der Waals surface area contributed by atoms with Crippen LogP contribution >= 0.6 is 0 Å². The van der Waals surface area contributed by atoms with Gasteiger partial charge in [-0.2, -0.15) is 0 Å². The molecule has 1 heterocycles. The monoisotopic (exact) mass is 350 g/mol. The SMILES string of the molecule is Cc1c(C(=O)O[C@H](C)C(=O)NC(=O)NC(C)C)oc2ccc(F)cc12. The highest BCUT2D eigenvalue weighted by molar-refractivity contribution is 6.00. The lowest BCUT2D eigenvalue weighted by molar-refractivity contribution is -0.128. The van der Waals surface area contributed by atoms with Gasteiger partial charge in [0.2, 0.25) is 5.76 Å². The first-order valence-corrected chi connectivity index (χ1v) is 7.70. The van der Waals surface area contributed by atoms with Crippen molar-refractivity contribution in [3.63, 3.8) is 0 Å². The zero-order valence-corrected chi connectivity index (χ0v) is 14.3. The van der Waals surface area contributed by atoms with E-state index in [1.165, 1.54) is 25.1 Å². The average Bonchev–Trinajstić information content (AvgIpc) is 2.83. The number of carbonyl (C=O) groups excluding carboxylic acids is 3. The van der Waals surface area contributed by atoms with Crippen LogP contribution < -0.4 is 10.6 Å². The van der Waals surface area contributed by atoms with Gasteiger partial charge in [-0.15, -0.1) is 0 Å². The molecular formula is C17H19FN2O5. The fourth-order valence-corrected chi connectivity index (χ4v) is 2.17. The van der Waals surface area contributed by atoms with Gasteiger partial charge in [-0.3, -0.25) is 10.1 Å². The summed E-state index contributed by atoms with van der Waals surface area (Å²) in [5, 5.41) is 5.00. The summed E-state index contributed by atoms with van der Waals surface area (Å²) in [5.74, 6) is -2.22. The second-order valence-corrected chi connectivity index (χ2v) is 5.86. The minimum absolute atomic E-state index is 0.119. The molecule has 0 aliphatic rings. The average molecular weight is 350 g/mol. The standard InChI is InChI=1S/C17H19FN2O5/c1-8(2)19-17(23)20-15(21)10(4)24-16(22)14-9(3)12-7-11(18)5-6-13(12)25-14/h5-8,10H,1-4H3,(H2,19,20,21,23)/t10-/m1/s1. The van der Waals surface area contributed by atoms with E-state index in [-0.39, 0.29) is 11.8 Å². The Morgan fingerprint density at radius 1 is 1.20 bits per heavy atom. The van der Waals surface area contributed by atoms with E-state index in [1.54, 1.807) is 20.8 Å². The van der Waals surface area contributed by atoms with Crippen molar-refractivity contribution in [3.8, 4) is 0 Å². The summed E-state index contributed by atoms with van der Waals surface area (Å²) >= 11 is 0. The fourth-order valence-electron chi connectivity index (χ4n) is 2.17. The van der Waals surface area contributed by atoms with Crippen molar-refractivity contribution in [1.29, 1.82) is 0 Å². The first-order valence-electron chi connectivity index (χ1n) is 7.70. The predicted molar refractivity (Wildman–Crippen MR) is 87.6 cm³/mol. The first kappa shape index (κ1) is 18.4. The molecule has 0 unspecified atom stereocenters. The topological polar surface area (TPSA) is 97.6 Å². The van der Waals surface area contributed by atoms with E-state index in [2.05, 4.69) is 10.6 Å². The lowest BCUT2D eigenvalue weighted by Gasteiger charge is -2.13. The Kier molecular flexibility index (Phi) is 5.41. The third-order valence-electron chi connectivity index (χ3n) is 3.39. The number of halogens is 1. The van der Waals surface area contributed by atoms with Gasteiger partial charge in [0.15, 0.2) is 6.10 Å². The van der Waals surface area contributed by atoms with E-state index >= 15 is 0 Å². The number of nitrogens with one attached hydrogen (secondary N) is 2. The minimum atomic E-state index is -1.21. The zero-order valence-electron chi connectivity index (χ0n) is 14.3. The molecule has 134 valence electrons. The highest BCUT2D eigenvalue weighted by Gasteiger charge is 2.25. The Bertz CT molecular complexity index is 828. The zero-order chi connectivity index (χ0) is 18.7. The molecule has 1 aromatic carbocycles. The van der Waals surface area contributed by atoms with Gasteiger partial charge in [0.1, 0.15) is 11.4 Å². The predicted octanol–water partition coefficient (Wildman–Crippen LogP) is 2.66. The third kappa shape index (κ3) is 4.34. The highest BCUT2D eigenvalue weighted by atomic mass is 19.1. The number of benzene rings is 1. The molecule has 7 nitrogen and oxygen atoms in total. The van der Waals surface area contributed by atoms with Crippen LogP contribution in [0, 0.1) is 12.7 Å². The van der Waals surface area contributed by atoms with Crippen LogP contribution in [0.3, 0.4) is 0 Å². The van der Waals surface area contributed by atoms with Crippen molar-refractivity contribution < 1.29 is 27.9 Å². The molecule has 0 radical (unpaired) electrons. The summed E-state index contributed by atoms with van der Waals surface area (Å²) in [5.41, 5.74) is 0.740. The number of esters is 1. The van der Waals surface area contributed by atoms with Crippen molar-refractivity contribution in [3.05, 3.63) is 35.3 Å². The largest absolute Gasteiger partial charge is 0.449 e. The van der Waals surface area contributed by atoms with E-state index in [0.717, 1.165) is 0 Å². The van der Waals surface area contributed by atoms with Crippen molar-refractivity contribution in [2.45, 2.75) is 39.8 Å². The number of imide groups is 1. The summed E-state index contributed by atoms with van der Waals surface area (Å²) in [7, 11) is 0. The second kappa shape index (κ2) is 7.33. The van der Waals surface area contributed by atoms with E-state index in [0.29, 0.717) is 16.5 Å². The van der Waals surface area contributed by atoms with E-state index in [1.807, 2.05) is 0 Å². The van der Waals surface area contributed by atoms with Gasteiger partial charge in [-0.05, 0) is 45.9 Å². The van der Waals surface area contributed by atoms with Crippen LogP contribution in [-0.2, 0) is 9.53 Å². The van der Waals surface area contributed by atoms with Crippen LogP contribution in [0.4, 0.5) is 9.18 Å². The van der Waals surface area contributed by atoms with Gasteiger partial charge in [0, 0.05) is 17.0 Å². The Hall–Kier alpha value is -2.90. The van der Waals surface area contributed by atoms with Gasteiger partial charge >= 0.3 is 12.0 Å². The van der Waals surface area contributed by atoms with E-state index in [9.17, 15) is 18.8 Å². The molecule has 0 fully saturated rings. The first-order chi connectivity index (χ1) is 11.7. The number of hydrogen-bond acceptors (Lipinski definition) is 5. The number of ether oxygens (including phenoxy) is 1. The summed E-state index contributed by atoms with van der Waals surface area (Å²) in [6.45, 7) is 6.39. The Labute approximate surface area is 143 Å².